The van der Waals surface area contributed by atoms with E-state index in [2.05, 4.69) is 14.7 Å². The zero-order chi connectivity index (χ0) is 21.6. The maximum atomic E-state index is 15.1. The number of halogens is 1. The average molecular weight is 423 g/mol. The van der Waals surface area contributed by atoms with Crippen molar-refractivity contribution in [3.8, 4) is 0 Å². The van der Waals surface area contributed by atoms with Crippen LogP contribution in [0.4, 0.5) is 10.3 Å². The number of aromatic nitrogens is 4. The second-order valence-electron chi connectivity index (χ2n) is 7.51. The molecular formula is C18H22FN5O6. The minimum Gasteiger partial charge on any atom is -0.469 e. The van der Waals surface area contributed by atoms with Gasteiger partial charge in [-0.1, -0.05) is 0 Å². The number of methoxy groups -OCH3 is 1. The van der Waals surface area contributed by atoms with Crippen LogP contribution in [0, 0.1) is 5.92 Å². The molecule has 11 nitrogen and oxygen atoms in total. The fourth-order valence-corrected chi connectivity index (χ4v) is 3.67. The van der Waals surface area contributed by atoms with E-state index in [1.165, 1.54) is 17.9 Å². The van der Waals surface area contributed by atoms with Gasteiger partial charge in [0.1, 0.15) is 11.6 Å². The number of carbonyl (C=O) groups excluding carboxylic acids is 2. The first-order valence-electron chi connectivity index (χ1n) is 9.57. The van der Waals surface area contributed by atoms with Crippen molar-refractivity contribution in [3.63, 3.8) is 0 Å². The molecule has 162 valence electrons. The van der Waals surface area contributed by atoms with E-state index < -0.39 is 48.7 Å². The van der Waals surface area contributed by atoms with Crippen molar-refractivity contribution < 1.29 is 28.2 Å². The molecular weight excluding hydrogens is 401 g/mol. The number of carbonyl (C=O) groups is 2. The second-order valence-corrected chi connectivity index (χ2v) is 7.51. The largest absolute Gasteiger partial charge is 0.469 e. The van der Waals surface area contributed by atoms with Gasteiger partial charge in [0.15, 0.2) is 24.2 Å². The van der Waals surface area contributed by atoms with Crippen molar-refractivity contribution in [2.24, 2.45) is 5.92 Å². The van der Waals surface area contributed by atoms with E-state index in [0.29, 0.717) is 18.0 Å². The normalized spacial score (nSPS) is 26.1. The molecule has 3 heterocycles. The Morgan fingerprint density at radius 3 is 2.77 bits per heavy atom. The number of hydrogen-bond donors (Lipinski definition) is 1. The van der Waals surface area contributed by atoms with Crippen molar-refractivity contribution >= 4 is 29.1 Å². The number of nitrogens with two attached hydrogens (primary N) is 1. The second kappa shape index (κ2) is 7.67. The van der Waals surface area contributed by atoms with Gasteiger partial charge >= 0.3 is 17.6 Å². The van der Waals surface area contributed by atoms with Crippen LogP contribution < -0.4 is 11.4 Å². The lowest BCUT2D eigenvalue weighted by Crippen LogP contribution is -2.37. The SMILES string of the molecule is COC(=O)C[C@H]1O[C@@H](n2c(=O)n(CC3CC3)c3cnc(N)nc32)[C@H](OC(C)=O)[C@@H]1F. The van der Waals surface area contributed by atoms with Gasteiger partial charge in [0.05, 0.1) is 19.7 Å². The summed E-state index contributed by atoms with van der Waals surface area (Å²) in [5.41, 5.74) is 5.76. The van der Waals surface area contributed by atoms with Crippen molar-refractivity contribution in [1.29, 1.82) is 0 Å². The molecule has 2 aromatic heterocycles. The number of ether oxygens (including phenoxy) is 3. The van der Waals surface area contributed by atoms with Crippen LogP contribution in [0.15, 0.2) is 11.0 Å². The molecule has 0 spiro atoms. The maximum Gasteiger partial charge on any atom is 0.332 e. The fraction of sp³-hybridized carbons (Fsp3) is 0.611. The number of esters is 2. The highest BCUT2D eigenvalue weighted by atomic mass is 19.1. The number of alkyl halides is 1. The lowest BCUT2D eigenvalue weighted by atomic mass is 10.1. The molecule has 1 aliphatic carbocycles. The van der Waals surface area contributed by atoms with E-state index in [9.17, 15) is 14.4 Å². The number of nitrogens with zero attached hydrogens (tertiary/aromatic N) is 4. The highest BCUT2D eigenvalue weighted by Gasteiger charge is 2.50. The van der Waals surface area contributed by atoms with Gasteiger partial charge in [0.2, 0.25) is 5.95 Å². The number of fused-ring (bicyclic) bond motifs is 1. The Morgan fingerprint density at radius 1 is 1.40 bits per heavy atom. The third kappa shape index (κ3) is 3.62. The van der Waals surface area contributed by atoms with Crippen LogP contribution in [0.1, 0.15) is 32.4 Å². The molecule has 0 radical (unpaired) electrons. The highest BCUT2D eigenvalue weighted by Crippen LogP contribution is 2.37. The van der Waals surface area contributed by atoms with Crippen LogP contribution >= 0.6 is 0 Å². The van der Waals surface area contributed by atoms with E-state index >= 15 is 4.39 Å². The summed E-state index contributed by atoms with van der Waals surface area (Å²) in [7, 11) is 1.17. The van der Waals surface area contributed by atoms with E-state index in [1.807, 2.05) is 0 Å². The van der Waals surface area contributed by atoms with Crippen molar-refractivity contribution in [2.45, 2.75) is 57.3 Å². The third-order valence-corrected chi connectivity index (χ3v) is 5.28. The molecule has 12 heteroatoms. The Bertz CT molecular complexity index is 1050. The average Bonchev–Trinajstić information content (AvgIpc) is 3.42. The predicted octanol–water partition coefficient (Wildman–Crippen LogP) is 0.316. The molecule has 2 aliphatic rings. The summed E-state index contributed by atoms with van der Waals surface area (Å²) in [6.45, 7) is 1.57. The Balaban J connectivity index is 1.80. The summed E-state index contributed by atoms with van der Waals surface area (Å²) >= 11 is 0. The van der Waals surface area contributed by atoms with Gasteiger partial charge in [-0.3, -0.25) is 14.2 Å². The Hall–Kier alpha value is -3.02. The number of hydrogen-bond acceptors (Lipinski definition) is 9. The summed E-state index contributed by atoms with van der Waals surface area (Å²) in [6.07, 6.45) is -2.89. The van der Waals surface area contributed by atoms with Gasteiger partial charge < -0.3 is 19.9 Å². The molecule has 2 fully saturated rings. The van der Waals surface area contributed by atoms with Crippen LogP contribution in [-0.4, -0.2) is 56.5 Å². The van der Waals surface area contributed by atoms with Crippen LogP contribution in [0.3, 0.4) is 0 Å². The number of rotatable bonds is 6. The molecule has 0 aromatic carbocycles. The van der Waals surface area contributed by atoms with Gasteiger partial charge in [0, 0.05) is 13.5 Å². The number of anilines is 1. The third-order valence-electron chi connectivity index (χ3n) is 5.28. The predicted molar refractivity (Wildman–Crippen MR) is 99.9 cm³/mol. The summed E-state index contributed by atoms with van der Waals surface area (Å²) in [5, 5.41) is 0. The quantitative estimate of drug-likeness (QED) is 0.650. The summed E-state index contributed by atoms with van der Waals surface area (Å²) in [6, 6.07) is 0. The van der Waals surface area contributed by atoms with Crippen LogP contribution in [-0.2, 0) is 30.3 Å². The molecule has 0 unspecified atom stereocenters. The monoisotopic (exact) mass is 423 g/mol. The molecule has 30 heavy (non-hydrogen) atoms. The van der Waals surface area contributed by atoms with Gasteiger partial charge in [0.25, 0.3) is 0 Å². The van der Waals surface area contributed by atoms with Crippen LogP contribution in [0.25, 0.3) is 11.2 Å². The zero-order valence-electron chi connectivity index (χ0n) is 16.5. The summed E-state index contributed by atoms with van der Waals surface area (Å²) < 4.78 is 33.1. The minimum atomic E-state index is -1.86. The van der Waals surface area contributed by atoms with Crippen LogP contribution in [0.2, 0.25) is 0 Å². The van der Waals surface area contributed by atoms with E-state index in [1.54, 1.807) is 0 Å². The van der Waals surface area contributed by atoms with Crippen LogP contribution in [0.5, 0.6) is 0 Å². The molecule has 2 aromatic rings. The number of imidazole rings is 1. The lowest BCUT2D eigenvalue weighted by Gasteiger charge is -2.19. The van der Waals surface area contributed by atoms with Gasteiger partial charge in [-0.25, -0.2) is 18.7 Å². The smallest absolute Gasteiger partial charge is 0.332 e. The van der Waals surface area contributed by atoms with E-state index in [-0.39, 0.29) is 11.6 Å². The maximum absolute atomic E-state index is 15.1. The minimum absolute atomic E-state index is 0.0789. The molecule has 1 aliphatic heterocycles. The Labute approximate surface area is 169 Å². The molecule has 0 bridgehead atoms. The van der Waals surface area contributed by atoms with Crippen molar-refractivity contribution in [3.05, 3.63) is 16.7 Å². The first-order valence-corrected chi connectivity index (χ1v) is 9.57. The molecule has 0 amide bonds. The summed E-state index contributed by atoms with van der Waals surface area (Å²) in [5.74, 6) is -1.17. The topological polar surface area (TPSA) is 141 Å². The first-order chi connectivity index (χ1) is 14.3. The van der Waals surface area contributed by atoms with Gasteiger partial charge in [-0.2, -0.15) is 4.98 Å². The first kappa shape index (κ1) is 20.3. The zero-order valence-corrected chi connectivity index (χ0v) is 16.5. The Kier molecular flexibility index (Phi) is 5.18. The number of nitrogen functional groups attached to an aromatic ring is 1. The Morgan fingerprint density at radius 2 is 2.13 bits per heavy atom. The molecule has 1 saturated heterocycles. The fourth-order valence-electron chi connectivity index (χ4n) is 3.67. The van der Waals surface area contributed by atoms with Crippen molar-refractivity contribution in [2.75, 3.05) is 12.8 Å². The van der Waals surface area contributed by atoms with Gasteiger partial charge in [-0.05, 0) is 18.8 Å². The highest BCUT2D eigenvalue weighted by molar-refractivity contribution is 5.72. The van der Waals surface area contributed by atoms with E-state index in [4.69, 9.17) is 15.2 Å². The lowest BCUT2D eigenvalue weighted by molar-refractivity contribution is -0.154. The standard InChI is InChI=1S/C18H22FN5O6/c1-8(25)29-14-13(19)11(5-12(26)28-2)30-16(14)24-15-10(6-21-17(20)22-15)23(18(24)27)7-9-3-4-9/h6,9,11,13-14,16H,3-5,7H2,1-2H3,(H2,20,21,22)/t11-,13-,14-,16-/m1/s1. The molecule has 1 saturated carbocycles. The van der Waals surface area contributed by atoms with E-state index in [0.717, 1.165) is 24.3 Å². The molecule has 4 rings (SSSR count). The van der Waals surface area contributed by atoms with Crippen molar-refractivity contribution in [1.82, 2.24) is 19.1 Å². The molecule has 4 atom stereocenters. The summed E-state index contributed by atoms with van der Waals surface area (Å²) in [4.78, 5) is 44.6. The van der Waals surface area contributed by atoms with Gasteiger partial charge in [-0.15, -0.1) is 0 Å². The molecule has 2 N–H and O–H groups in total.